The minimum atomic E-state index is -4.67. The van der Waals surface area contributed by atoms with Gasteiger partial charge in [-0.15, -0.1) is 0 Å². The molecule has 4 aromatic rings. The van der Waals surface area contributed by atoms with Crippen molar-refractivity contribution < 1.29 is 27.6 Å². The molecule has 0 spiro atoms. The van der Waals surface area contributed by atoms with E-state index in [1.54, 1.807) is 12.1 Å². The number of nitrogens with zero attached hydrogens (tertiary/aromatic N) is 2. The molecule has 3 amide bonds. The largest absolute Gasteiger partial charge is 0.416 e. The third-order valence-electron chi connectivity index (χ3n) is 8.25. The van der Waals surface area contributed by atoms with Crippen LogP contribution in [0.2, 0.25) is 0 Å². The van der Waals surface area contributed by atoms with Gasteiger partial charge in [0.25, 0.3) is 0 Å². The number of carbonyl (C=O) groups is 3. The Morgan fingerprint density at radius 1 is 0.891 bits per heavy atom. The molecular formula is C34H30F3N3O4S2. The van der Waals surface area contributed by atoms with Crippen molar-refractivity contribution in [2.45, 2.75) is 62.0 Å². The molecule has 2 aliphatic rings. The van der Waals surface area contributed by atoms with E-state index in [-0.39, 0.29) is 17.6 Å². The first-order chi connectivity index (χ1) is 21.6. The number of hydrogen-bond donors (Lipinski definition) is 1. The second-order valence-electron chi connectivity index (χ2n) is 12.5. The van der Waals surface area contributed by atoms with Crippen molar-refractivity contribution in [3.63, 3.8) is 0 Å². The van der Waals surface area contributed by atoms with Crippen LogP contribution < -0.4 is 15.1 Å². The van der Waals surface area contributed by atoms with Crippen LogP contribution in [-0.4, -0.2) is 27.5 Å². The van der Waals surface area contributed by atoms with Crippen LogP contribution in [0, 0.1) is 12.8 Å². The van der Waals surface area contributed by atoms with Crippen LogP contribution in [0.4, 0.5) is 24.5 Å². The van der Waals surface area contributed by atoms with E-state index in [0.717, 1.165) is 57.3 Å². The number of anilines is 2. The number of rotatable bonds is 5. The lowest BCUT2D eigenvalue weighted by Crippen LogP contribution is -2.33. The van der Waals surface area contributed by atoms with Crippen molar-refractivity contribution in [2.75, 3.05) is 10.2 Å². The number of halogens is 3. The summed E-state index contributed by atoms with van der Waals surface area (Å²) in [5.74, 6) is -3.47. The smallest absolute Gasteiger partial charge is 0.325 e. The number of aromatic nitrogens is 1. The van der Waals surface area contributed by atoms with Gasteiger partial charge >= 0.3 is 11.0 Å². The van der Waals surface area contributed by atoms with Crippen molar-refractivity contribution >= 4 is 52.2 Å². The molecule has 0 aliphatic carbocycles. The molecule has 12 heteroatoms. The van der Waals surface area contributed by atoms with E-state index < -0.39 is 51.4 Å². The summed E-state index contributed by atoms with van der Waals surface area (Å²) in [7, 11) is 0. The SMILES string of the molecule is Cc1ccc(NC(=O)Cn2c3c(sc2=O)C(c2ccc(C(C)(C)C)cc2)C2C(=O)N(c4cccc(C(F)(F)F)c4)C(=O)C2S3)cc1. The fourth-order valence-corrected chi connectivity index (χ4v) is 8.63. The average Bonchev–Trinajstić information content (AvgIpc) is 3.43. The molecule has 1 saturated heterocycles. The number of thiazole rings is 1. The molecule has 0 saturated carbocycles. The number of alkyl halides is 3. The van der Waals surface area contributed by atoms with E-state index in [1.165, 1.54) is 10.6 Å². The van der Waals surface area contributed by atoms with Crippen molar-refractivity contribution in [1.82, 2.24) is 4.57 Å². The van der Waals surface area contributed by atoms with Crippen molar-refractivity contribution in [1.29, 1.82) is 0 Å². The second kappa shape index (κ2) is 11.6. The zero-order valence-electron chi connectivity index (χ0n) is 25.3. The number of hydrogen-bond acceptors (Lipinski definition) is 6. The Morgan fingerprint density at radius 2 is 1.57 bits per heavy atom. The summed E-state index contributed by atoms with van der Waals surface area (Å²) in [6.45, 7) is 7.79. The summed E-state index contributed by atoms with van der Waals surface area (Å²) in [5, 5.41) is 2.16. The third-order valence-corrected chi connectivity index (χ3v) is 10.9. The number of nitrogens with one attached hydrogen (secondary N) is 1. The van der Waals surface area contributed by atoms with E-state index in [1.807, 2.05) is 43.3 Å². The number of imide groups is 1. The first-order valence-electron chi connectivity index (χ1n) is 14.6. The molecule has 238 valence electrons. The Kier molecular flexibility index (Phi) is 8.00. The number of thioether (sulfide) groups is 1. The Morgan fingerprint density at radius 3 is 2.20 bits per heavy atom. The standard InChI is InChI=1S/C34H30F3N3O4S2/c1-18-8-14-22(15-9-18)38-24(41)17-39-31-28(46-32(39)44)25(19-10-12-20(13-11-19)33(2,3)4)26-27(45-31)30(43)40(29(26)42)23-7-5-6-21(16-23)34(35,36)37/h5-16,25-27H,17H2,1-4H3,(H,38,41). The zero-order chi connectivity index (χ0) is 33.1. The van der Waals surface area contributed by atoms with Gasteiger partial charge in [0.1, 0.15) is 11.8 Å². The lowest BCUT2D eigenvalue weighted by molar-refractivity contribution is -0.137. The van der Waals surface area contributed by atoms with Gasteiger partial charge in [0.2, 0.25) is 17.7 Å². The van der Waals surface area contributed by atoms with Crippen molar-refractivity contribution in [3.05, 3.63) is 110 Å². The van der Waals surface area contributed by atoms with E-state index in [4.69, 9.17) is 0 Å². The molecule has 1 fully saturated rings. The lowest BCUT2D eigenvalue weighted by atomic mass is 9.81. The quantitative estimate of drug-likeness (QED) is 0.233. The molecule has 3 heterocycles. The van der Waals surface area contributed by atoms with Gasteiger partial charge in [0, 0.05) is 16.5 Å². The maximum Gasteiger partial charge on any atom is 0.416 e. The minimum Gasteiger partial charge on any atom is -0.325 e. The maximum atomic E-state index is 14.1. The van der Waals surface area contributed by atoms with E-state index in [0.29, 0.717) is 21.2 Å². The molecule has 3 aromatic carbocycles. The van der Waals surface area contributed by atoms with Gasteiger partial charge < -0.3 is 5.32 Å². The zero-order valence-corrected chi connectivity index (χ0v) is 27.0. The van der Waals surface area contributed by atoms with Gasteiger partial charge in [-0.05, 0) is 53.8 Å². The minimum absolute atomic E-state index is 0.160. The highest BCUT2D eigenvalue weighted by atomic mass is 32.2. The molecule has 0 radical (unpaired) electrons. The van der Waals surface area contributed by atoms with E-state index in [9.17, 15) is 32.3 Å². The molecule has 46 heavy (non-hydrogen) atoms. The van der Waals surface area contributed by atoms with Gasteiger partial charge in [-0.25, -0.2) is 4.90 Å². The van der Waals surface area contributed by atoms with Gasteiger partial charge in [0.15, 0.2) is 0 Å². The van der Waals surface area contributed by atoms with Gasteiger partial charge in [0.05, 0.1) is 22.2 Å². The molecule has 3 atom stereocenters. The highest BCUT2D eigenvalue weighted by molar-refractivity contribution is 8.00. The normalized spacial score (nSPS) is 19.6. The Hall–Kier alpha value is -4.16. The average molecular weight is 666 g/mol. The lowest BCUT2D eigenvalue weighted by Gasteiger charge is -2.31. The van der Waals surface area contributed by atoms with Gasteiger partial charge in [-0.1, -0.05) is 91.9 Å². The molecule has 1 aromatic heterocycles. The molecular weight excluding hydrogens is 636 g/mol. The van der Waals surface area contributed by atoms with Crippen LogP contribution in [-0.2, 0) is 32.5 Å². The summed E-state index contributed by atoms with van der Waals surface area (Å²) in [6.07, 6.45) is -4.67. The fraction of sp³-hybridized carbons (Fsp3) is 0.294. The summed E-state index contributed by atoms with van der Waals surface area (Å²) in [6, 6.07) is 19.0. The van der Waals surface area contributed by atoms with Crippen LogP contribution in [0.15, 0.2) is 82.6 Å². The van der Waals surface area contributed by atoms with Crippen LogP contribution in [0.3, 0.4) is 0 Å². The van der Waals surface area contributed by atoms with Crippen molar-refractivity contribution in [3.8, 4) is 0 Å². The van der Waals surface area contributed by atoms with Crippen LogP contribution in [0.1, 0.15) is 53.8 Å². The molecule has 6 rings (SSSR count). The third kappa shape index (κ3) is 5.79. The predicted molar refractivity (Wildman–Crippen MR) is 172 cm³/mol. The predicted octanol–water partition coefficient (Wildman–Crippen LogP) is 6.97. The number of benzene rings is 3. The first kappa shape index (κ1) is 31.8. The Balaban J connectivity index is 1.42. The fourth-order valence-electron chi connectivity index (χ4n) is 5.86. The summed E-state index contributed by atoms with van der Waals surface area (Å²) in [5.41, 5.74) is 2.00. The molecule has 0 bridgehead atoms. The Bertz CT molecular complexity index is 1910. The molecule has 3 unspecified atom stereocenters. The van der Waals surface area contributed by atoms with Gasteiger partial charge in [-0.2, -0.15) is 13.2 Å². The number of aryl methyl sites for hydroxylation is 1. The van der Waals surface area contributed by atoms with E-state index in [2.05, 4.69) is 26.1 Å². The number of fused-ring (bicyclic) bond motifs is 2. The number of carbonyl (C=O) groups excluding carboxylic acids is 3. The van der Waals surface area contributed by atoms with Crippen LogP contribution in [0.5, 0.6) is 0 Å². The topological polar surface area (TPSA) is 88.5 Å². The molecule has 7 nitrogen and oxygen atoms in total. The highest BCUT2D eigenvalue weighted by Gasteiger charge is 2.57. The first-order valence-corrected chi connectivity index (χ1v) is 16.3. The monoisotopic (exact) mass is 665 g/mol. The van der Waals surface area contributed by atoms with Crippen LogP contribution >= 0.6 is 23.1 Å². The summed E-state index contributed by atoms with van der Waals surface area (Å²) in [4.78, 5) is 55.5. The van der Waals surface area contributed by atoms with E-state index >= 15 is 0 Å². The van der Waals surface area contributed by atoms with Crippen molar-refractivity contribution in [2.24, 2.45) is 5.92 Å². The highest BCUT2D eigenvalue weighted by Crippen LogP contribution is 2.54. The second-order valence-corrected chi connectivity index (χ2v) is 14.6. The maximum absolute atomic E-state index is 14.1. The number of amides is 3. The Labute approximate surface area is 271 Å². The summed E-state index contributed by atoms with van der Waals surface area (Å²) < 4.78 is 42.0. The molecule has 1 N–H and O–H groups in total. The van der Waals surface area contributed by atoms with Gasteiger partial charge in [-0.3, -0.25) is 23.7 Å². The summed E-state index contributed by atoms with van der Waals surface area (Å²) >= 11 is 1.92. The van der Waals surface area contributed by atoms with Crippen LogP contribution in [0.25, 0.3) is 0 Å². The molecule has 2 aliphatic heterocycles.